The Morgan fingerprint density at radius 3 is 2.61 bits per heavy atom. The van der Waals surface area contributed by atoms with Crippen molar-refractivity contribution in [2.24, 2.45) is 0 Å². The number of thioether (sulfide) groups is 1. The smallest absolute Gasteiger partial charge is 0.328 e. The molecule has 0 amide bonds. The lowest BCUT2D eigenvalue weighted by Gasteiger charge is -2.04. The summed E-state index contributed by atoms with van der Waals surface area (Å²) in [5.41, 5.74) is 1.43. The van der Waals surface area contributed by atoms with Gasteiger partial charge in [-0.15, -0.1) is 16.9 Å². The number of nitrogens with zero attached hydrogens (tertiary/aromatic N) is 4. The lowest BCUT2D eigenvalue weighted by molar-refractivity contribution is -0.384. The first kappa shape index (κ1) is 20.5. The third kappa shape index (κ3) is 5.46. The number of carbonyl (C=O) groups excluding carboxylic acids is 1. The van der Waals surface area contributed by atoms with Crippen LogP contribution in [-0.2, 0) is 28.4 Å². The summed E-state index contributed by atoms with van der Waals surface area (Å²) in [4.78, 5) is 23.4. The Kier molecular flexibility index (Phi) is 6.23. The Morgan fingerprint density at radius 2 is 1.84 bits per heavy atom. The molecule has 0 fully saturated rings. The number of non-ortho nitro benzene ring substituents is 1. The van der Waals surface area contributed by atoms with E-state index in [2.05, 4.69) is 40.6 Å². The Bertz CT molecular complexity index is 1220. The maximum atomic E-state index is 12.0. The highest BCUT2D eigenvalue weighted by Crippen LogP contribution is 2.25. The molecule has 8 nitrogen and oxygen atoms in total. The van der Waals surface area contributed by atoms with Crippen LogP contribution in [0.5, 0.6) is 0 Å². The highest BCUT2D eigenvalue weighted by atomic mass is 32.2. The fourth-order valence-electron chi connectivity index (χ4n) is 2.95. The van der Waals surface area contributed by atoms with Gasteiger partial charge in [0.05, 0.1) is 10.6 Å². The molecule has 0 aliphatic heterocycles. The molecular formula is C22H18N4O4S. The monoisotopic (exact) mass is 434 g/mol. The fourth-order valence-corrected chi connectivity index (χ4v) is 3.77. The van der Waals surface area contributed by atoms with E-state index in [-0.39, 0.29) is 18.8 Å². The molecule has 4 rings (SSSR count). The third-order valence-corrected chi connectivity index (χ3v) is 5.56. The minimum absolute atomic E-state index is 0.00761. The standard InChI is InChI=1S/C22H18N4O4S/c27-22(30-14-16-5-8-20(9-6-16)26(28)29)13-25-12-19(23-24-25)15-31-21-10-7-17-3-1-2-4-18(17)11-21/h1-12H,13-15H2. The summed E-state index contributed by atoms with van der Waals surface area (Å²) in [6, 6.07) is 20.4. The molecule has 0 saturated carbocycles. The number of nitro benzene ring substituents is 1. The molecule has 1 aromatic heterocycles. The zero-order chi connectivity index (χ0) is 21.6. The quantitative estimate of drug-likeness (QED) is 0.176. The molecule has 4 aromatic rings. The molecule has 0 N–H and O–H groups in total. The summed E-state index contributed by atoms with van der Waals surface area (Å²) in [5, 5.41) is 21.1. The van der Waals surface area contributed by atoms with Crippen LogP contribution < -0.4 is 0 Å². The number of carbonyl (C=O) groups is 1. The number of aromatic nitrogens is 3. The van der Waals surface area contributed by atoms with Gasteiger partial charge in [-0.3, -0.25) is 14.9 Å². The van der Waals surface area contributed by atoms with Gasteiger partial charge in [-0.2, -0.15) is 0 Å². The topological polar surface area (TPSA) is 100 Å². The Morgan fingerprint density at radius 1 is 1.06 bits per heavy atom. The summed E-state index contributed by atoms with van der Waals surface area (Å²) in [6.07, 6.45) is 1.72. The molecule has 3 aromatic carbocycles. The second kappa shape index (κ2) is 9.40. The van der Waals surface area contributed by atoms with Crippen molar-refractivity contribution in [2.45, 2.75) is 23.8 Å². The summed E-state index contributed by atoms with van der Waals surface area (Å²) in [6.45, 7) is -0.0170. The van der Waals surface area contributed by atoms with Gasteiger partial charge in [0.2, 0.25) is 0 Å². The lowest BCUT2D eigenvalue weighted by Crippen LogP contribution is -2.14. The van der Waals surface area contributed by atoms with E-state index in [1.165, 1.54) is 27.6 Å². The van der Waals surface area contributed by atoms with Crippen LogP contribution in [0.2, 0.25) is 0 Å². The van der Waals surface area contributed by atoms with Crippen LogP contribution in [0.1, 0.15) is 11.3 Å². The number of ether oxygens (including phenoxy) is 1. The van der Waals surface area contributed by atoms with Gasteiger partial charge >= 0.3 is 5.97 Å². The van der Waals surface area contributed by atoms with E-state index in [9.17, 15) is 14.9 Å². The first-order valence-electron chi connectivity index (χ1n) is 9.46. The van der Waals surface area contributed by atoms with Gasteiger partial charge in [-0.1, -0.05) is 35.5 Å². The van der Waals surface area contributed by atoms with Crippen molar-refractivity contribution in [3.63, 3.8) is 0 Å². The Labute approximate surface area is 182 Å². The third-order valence-electron chi connectivity index (χ3n) is 4.53. The SMILES string of the molecule is O=C(Cn1cc(CSc2ccc3ccccc3c2)nn1)OCc1ccc([N+](=O)[O-])cc1. The molecule has 1 heterocycles. The predicted octanol–water partition coefficient (Wildman–Crippen LogP) is 4.38. The molecule has 0 atom stereocenters. The van der Waals surface area contributed by atoms with E-state index in [1.807, 2.05) is 12.1 Å². The molecule has 31 heavy (non-hydrogen) atoms. The van der Waals surface area contributed by atoms with Crippen molar-refractivity contribution in [1.82, 2.24) is 15.0 Å². The van der Waals surface area contributed by atoms with Gasteiger partial charge in [0.1, 0.15) is 13.2 Å². The molecule has 0 spiro atoms. The average molecular weight is 434 g/mol. The number of hydrogen-bond acceptors (Lipinski definition) is 7. The van der Waals surface area contributed by atoms with Crippen LogP contribution in [0.25, 0.3) is 10.8 Å². The molecule has 0 radical (unpaired) electrons. The minimum Gasteiger partial charge on any atom is -0.459 e. The second-order valence-corrected chi connectivity index (χ2v) is 7.84. The van der Waals surface area contributed by atoms with Gasteiger partial charge < -0.3 is 4.74 Å². The zero-order valence-electron chi connectivity index (χ0n) is 16.4. The zero-order valence-corrected chi connectivity index (χ0v) is 17.2. The van der Waals surface area contributed by atoms with E-state index >= 15 is 0 Å². The molecule has 0 saturated heterocycles. The van der Waals surface area contributed by atoms with E-state index in [1.54, 1.807) is 30.1 Å². The van der Waals surface area contributed by atoms with Gasteiger partial charge in [0.15, 0.2) is 0 Å². The first-order valence-corrected chi connectivity index (χ1v) is 10.4. The van der Waals surface area contributed by atoms with E-state index in [0.717, 1.165) is 10.6 Å². The lowest BCUT2D eigenvalue weighted by atomic mass is 10.1. The normalized spacial score (nSPS) is 10.8. The van der Waals surface area contributed by atoms with Crippen LogP contribution in [0.3, 0.4) is 0 Å². The van der Waals surface area contributed by atoms with E-state index < -0.39 is 10.9 Å². The Hall–Kier alpha value is -3.72. The van der Waals surface area contributed by atoms with Crippen molar-refractivity contribution in [3.05, 3.63) is 94.3 Å². The summed E-state index contributed by atoms with van der Waals surface area (Å²) < 4.78 is 6.65. The van der Waals surface area contributed by atoms with Gasteiger partial charge in [-0.25, -0.2) is 4.68 Å². The average Bonchev–Trinajstić information content (AvgIpc) is 3.23. The molecule has 9 heteroatoms. The van der Waals surface area contributed by atoms with E-state index in [0.29, 0.717) is 11.3 Å². The molecule has 0 unspecified atom stereocenters. The van der Waals surface area contributed by atoms with Crippen molar-refractivity contribution >= 4 is 34.2 Å². The number of esters is 1. The molecule has 0 bridgehead atoms. The first-order chi connectivity index (χ1) is 15.1. The minimum atomic E-state index is -0.476. The fraction of sp³-hybridized carbons (Fsp3) is 0.136. The van der Waals surface area contributed by atoms with Crippen molar-refractivity contribution in [1.29, 1.82) is 0 Å². The number of hydrogen-bond donors (Lipinski definition) is 0. The van der Waals surface area contributed by atoms with Gasteiger partial charge in [-0.05, 0) is 40.6 Å². The van der Waals surface area contributed by atoms with Crippen LogP contribution in [0, 0.1) is 10.1 Å². The van der Waals surface area contributed by atoms with Crippen LogP contribution in [0.15, 0.2) is 77.8 Å². The van der Waals surface area contributed by atoms with Crippen LogP contribution in [-0.4, -0.2) is 25.9 Å². The largest absolute Gasteiger partial charge is 0.459 e. The van der Waals surface area contributed by atoms with Gasteiger partial charge in [0.25, 0.3) is 5.69 Å². The van der Waals surface area contributed by atoms with Crippen molar-refractivity contribution in [2.75, 3.05) is 0 Å². The second-order valence-electron chi connectivity index (χ2n) is 6.79. The Balaban J connectivity index is 1.27. The molecule has 156 valence electrons. The summed E-state index contributed by atoms with van der Waals surface area (Å²) in [5.74, 6) is 0.174. The van der Waals surface area contributed by atoms with Crippen molar-refractivity contribution in [3.8, 4) is 0 Å². The highest BCUT2D eigenvalue weighted by Gasteiger charge is 2.10. The highest BCUT2D eigenvalue weighted by molar-refractivity contribution is 7.98. The maximum absolute atomic E-state index is 12.0. The summed E-state index contributed by atoms with van der Waals surface area (Å²) in [7, 11) is 0. The number of rotatable bonds is 8. The number of nitro groups is 1. The van der Waals surface area contributed by atoms with E-state index in [4.69, 9.17) is 4.74 Å². The molecule has 0 aliphatic carbocycles. The molecular weight excluding hydrogens is 416 g/mol. The maximum Gasteiger partial charge on any atom is 0.328 e. The molecule has 0 aliphatic rings. The predicted molar refractivity (Wildman–Crippen MR) is 116 cm³/mol. The van der Waals surface area contributed by atoms with Crippen LogP contribution in [0.4, 0.5) is 5.69 Å². The number of benzene rings is 3. The summed E-state index contributed by atoms with van der Waals surface area (Å²) >= 11 is 1.65. The van der Waals surface area contributed by atoms with Crippen molar-refractivity contribution < 1.29 is 14.5 Å². The number of fused-ring (bicyclic) bond motifs is 1. The van der Waals surface area contributed by atoms with Crippen LogP contribution >= 0.6 is 11.8 Å². The van der Waals surface area contributed by atoms with Gasteiger partial charge in [0, 0.05) is 29.0 Å².